The van der Waals surface area contributed by atoms with Crippen molar-refractivity contribution in [3.05, 3.63) is 0 Å². The van der Waals surface area contributed by atoms with E-state index in [1.165, 1.54) is 12.8 Å². The van der Waals surface area contributed by atoms with Gasteiger partial charge in [0.05, 0.1) is 12.7 Å². The Hall–Kier alpha value is -1.63. The van der Waals surface area contributed by atoms with E-state index in [0.717, 1.165) is 12.8 Å². The van der Waals surface area contributed by atoms with Crippen molar-refractivity contribution in [2.45, 2.75) is 51.7 Å². The molecular formula is C14H25N5O2. The Morgan fingerprint density at radius 1 is 1.29 bits per heavy atom. The number of hydrogen-bond acceptors (Lipinski definition) is 7. The van der Waals surface area contributed by atoms with Crippen molar-refractivity contribution in [1.82, 2.24) is 15.0 Å². The third-order valence-corrected chi connectivity index (χ3v) is 3.53. The van der Waals surface area contributed by atoms with Crippen molar-refractivity contribution in [1.29, 1.82) is 0 Å². The summed E-state index contributed by atoms with van der Waals surface area (Å²) in [7, 11) is 1.77. The molecule has 118 valence electrons. The van der Waals surface area contributed by atoms with Gasteiger partial charge in [0.15, 0.2) is 0 Å². The minimum atomic E-state index is 0.00253. The van der Waals surface area contributed by atoms with Crippen molar-refractivity contribution in [3.63, 3.8) is 0 Å². The Morgan fingerprint density at radius 3 is 2.57 bits per heavy atom. The van der Waals surface area contributed by atoms with Gasteiger partial charge in [-0.25, -0.2) is 0 Å². The topological polar surface area (TPSA) is 83.4 Å². The lowest BCUT2D eigenvalue weighted by molar-refractivity contribution is 0.221. The SMILES string of the molecule is CNc1nc(OC(C)C)nc(N(CCO)C2CCCC2)n1. The maximum atomic E-state index is 9.34. The lowest BCUT2D eigenvalue weighted by Gasteiger charge is -2.28. The molecule has 0 aromatic carbocycles. The molecule has 1 saturated carbocycles. The van der Waals surface area contributed by atoms with Crippen LogP contribution in [0, 0.1) is 0 Å². The van der Waals surface area contributed by atoms with Crippen LogP contribution in [-0.4, -0.2) is 52.4 Å². The summed E-state index contributed by atoms with van der Waals surface area (Å²) in [5, 5.41) is 12.3. The van der Waals surface area contributed by atoms with Crippen LogP contribution in [0.2, 0.25) is 0 Å². The smallest absolute Gasteiger partial charge is 0.323 e. The van der Waals surface area contributed by atoms with E-state index in [1.807, 2.05) is 13.8 Å². The molecule has 0 amide bonds. The van der Waals surface area contributed by atoms with Gasteiger partial charge in [0.1, 0.15) is 0 Å². The van der Waals surface area contributed by atoms with Crippen molar-refractivity contribution >= 4 is 11.9 Å². The number of aliphatic hydroxyl groups is 1. The Labute approximate surface area is 125 Å². The quantitative estimate of drug-likeness (QED) is 0.787. The van der Waals surface area contributed by atoms with Gasteiger partial charge in [0, 0.05) is 19.6 Å². The monoisotopic (exact) mass is 295 g/mol. The zero-order valence-electron chi connectivity index (χ0n) is 13.0. The van der Waals surface area contributed by atoms with Crippen LogP contribution in [0.15, 0.2) is 0 Å². The van der Waals surface area contributed by atoms with Gasteiger partial charge in [-0.05, 0) is 26.7 Å². The summed E-state index contributed by atoms with van der Waals surface area (Å²) >= 11 is 0. The van der Waals surface area contributed by atoms with E-state index in [0.29, 0.717) is 30.5 Å². The first kappa shape index (κ1) is 15.8. The molecule has 0 bridgehead atoms. The number of nitrogens with zero attached hydrogens (tertiary/aromatic N) is 4. The molecule has 21 heavy (non-hydrogen) atoms. The van der Waals surface area contributed by atoms with Gasteiger partial charge in [-0.15, -0.1) is 0 Å². The molecule has 2 N–H and O–H groups in total. The third kappa shape index (κ3) is 4.17. The van der Waals surface area contributed by atoms with Gasteiger partial charge in [0.2, 0.25) is 11.9 Å². The molecule has 0 atom stereocenters. The number of nitrogens with one attached hydrogen (secondary N) is 1. The predicted octanol–water partition coefficient (Wildman–Crippen LogP) is 1.44. The molecule has 0 radical (unpaired) electrons. The minimum absolute atomic E-state index is 0.00253. The predicted molar refractivity (Wildman–Crippen MR) is 81.8 cm³/mol. The Kier molecular flexibility index (Phi) is 5.55. The van der Waals surface area contributed by atoms with Crippen LogP contribution < -0.4 is 15.0 Å². The third-order valence-electron chi connectivity index (χ3n) is 3.53. The summed E-state index contributed by atoms with van der Waals surface area (Å²) in [6, 6.07) is 0.705. The molecule has 2 rings (SSSR count). The largest absolute Gasteiger partial charge is 0.461 e. The van der Waals surface area contributed by atoms with E-state index in [-0.39, 0.29) is 12.7 Å². The summed E-state index contributed by atoms with van der Waals surface area (Å²) in [6.45, 7) is 4.48. The zero-order valence-corrected chi connectivity index (χ0v) is 13.0. The average Bonchev–Trinajstić information content (AvgIpc) is 2.97. The summed E-state index contributed by atoms with van der Waals surface area (Å²) < 4.78 is 5.60. The van der Waals surface area contributed by atoms with E-state index < -0.39 is 0 Å². The number of ether oxygens (including phenoxy) is 1. The first-order chi connectivity index (χ1) is 10.1. The van der Waals surface area contributed by atoms with Gasteiger partial charge in [-0.1, -0.05) is 12.8 Å². The molecule has 7 nitrogen and oxygen atoms in total. The van der Waals surface area contributed by atoms with Crippen LogP contribution >= 0.6 is 0 Å². The normalized spacial score (nSPS) is 15.5. The number of hydrogen-bond donors (Lipinski definition) is 2. The van der Waals surface area contributed by atoms with Gasteiger partial charge >= 0.3 is 6.01 Å². The fraction of sp³-hybridized carbons (Fsp3) is 0.786. The van der Waals surface area contributed by atoms with Crippen molar-refractivity contribution in [2.24, 2.45) is 0 Å². The highest BCUT2D eigenvalue weighted by molar-refractivity contribution is 5.39. The van der Waals surface area contributed by atoms with Gasteiger partial charge in [-0.3, -0.25) is 0 Å². The van der Waals surface area contributed by atoms with E-state index in [2.05, 4.69) is 25.2 Å². The van der Waals surface area contributed by atoms with Crippen molar-refractivity contribution in [2.75, 3.05) is 30.4 Å². The molecule has 0 aliphatic heterocycles. The van der Waals surface area contributed by atoms with Gasteiger partial charge < -0.3 is 20.1 Å². The second-order valence-corrected chi connectivity index (χ2v) is 5.51. The van der Waals surface area contributed by atoms with Gasteiger partial charge in [-0.2, -0.15) is 15.0 Å². The van der Waals surface area contributed by atoms with Crippen LogP contribution in [0.1, 0.15) is 39.5 Å². The Bertz CT molecular complexity index is 449. The fourth-order valence-corrected chi connectivity index (χ4v) is 2.62. The molecule has 0 unspecified atom stereocenters. The standard InChI is InChI=1S/C14H25N5O2/c1-10(2)21-14-17-12(15-3)16-13(18-14)19(8-9-20)11-6-4-5-7-11/h10-11,20H,4-9H2,1-3H3,(H,15,16,17,18). The van der Waals surface area contributed by atoms with E-state index in [4.69, 9.17) is 4.74 Å². The molecule has 7 heteroatoms. The molecule has 1 fully saturated rings. The lowest BCUT2D eigenvalue weighted by Crippen LogP contribution is -2.37. The number of aromatic nitrogens is 3. The maximum Gasteiger partial charge on any atom is 0.323 e. The summed E-state index contributed by atoms with van der Waals surface area (Å²) in [5.41, 5.74) is 0. The number of anilines is 2. The molecular weight excluding hydrogens is 270 g/mol. The summed E-state index contributed by atoms with van der Waals surface area (Å²) in [6.07, 6.45) is 4.66. The van der Waals surface area contributed by atoms with Crippen LogP contribution in [0.25, 0.3) is 0 Å². The first-order valence-corrected chi connectivity index (χ1v) is 7.62. The maximum absolute atomic E-state index is 9.34. The van der Waals surface area contributed by atoms with Crippen LogP contribution in [0.5, 0.6) is 6.01 Å². The fourth-order valence-electron chi connectivity index (χ4n) is 2.62. The zero-order chi connectivity index (χ0) is 15.2. The molecule has 0 saturated heterocycles. The van der Waals surface area contributed by atoms with Crippen LogP contribution in [-0.2, 0) is 0 Å². The molecule has 0 spiro atoms. The molecule has 1 aromatic heterocycles. The number of rotatable bonds is 7. The second-order valence-electron chi connectivity index (χ2n) is 5.51. The van der Waals surface area contributed by atoms with Crippen LogP contribution in [0.3, 0.4) is 0 Å². The van der Waals surface area contributed by atoms with E-state index in [1.54, 1.807) is 7.05 Å². The second kappa shape index (κ2) is 7.40. The summed E-state index contributed by atoms with van der Waals surface area (Å²) in [4.78, 5) is 15.1. The molecule has 1 aliphatic rings. The highest BCUT2D eigenvalue weighted by Crippen LogP contribution is 2.27. The lowest BCUT2D eigenvalue weighted by atomic mass is 10.2. The van der Waals surface area contributed by atoms with E-state index in [9.17, 15) is 5.11 Å². The van der Waals surface area contributed by atoms with Crippen molar-refractivity contribution in [3.8, 4) is 6.01 Å². The molecule has 1 aliphatic carbocycles. The minimum Gasteiger partial charge on any atom is -0.461 e. The first-order valence-electron chi connectivity index (χ1n) is 7.62. The average molecular weight is 295 g/mol. The molecule has 1 heterocycles. The Morgan fingerprint density at radius 2 is 2.00 bits per heavy atom. The molecule has 1 aromatic rings. The van der Waals surface area contributed by atoms with Crippen LogP contribution in [0.4, 0.5) is 11.9 Å². The van der Waals surface area contributed by atoms with Gasteiger partial charge in [0.25, 0.3) is 0 Å². The number of aliphatic hydroxyl groups excluding tert-OH is 1. The highest BCUT2D eigenvalue weighted by Gasteiger charge is 2.25. The highest BCUT2D eigenvalue weighted by atomic mass is 16.5. The Balaban J connectivity index is 2.28. The summed E-state index contributed by atoms with van der Waals surface area (Å²) in [5.74, 6) is 1.06. The van der Waals surface area contributed by atoms with E-state index >= 15 is 0 Å². The van der Waals surface area contributed by atoms with Crippen molar-refractivity contribution < 1.29 is 9.84 Å².